The van der Waals surface area contributed by atoms with Gasteiger partial charge < -0.3 is 9.26 Å². The second-order valence-electron chi connectivity index (χ2n) is 5.49. The molecule has 1 aliphatic rings. The number of esters is 1. The molecule has 0 aromatic carbocycles. The summed E-state index contributed by atoms with van der Waals surface area (Å²) in [5.74, 6) is -0.205. The van der Waals surface area contributed by atoms with Crippen LogP contribution in [0.15, 0.2) is 32.4 Å². The maximum Gasteiger partial charge on any atom is 0.310 e. The van der Waals surface area contributed by atoms with Crippen molar-refractivity contribution < 1.29 is 22.5 Å². The number of carbonyl (C=O) groups is 1. The van der Waals surface area contributed by atoms with E-state index in [1.807, 2.05) is 0 Å². The lowest BCUT2D eigenvalue weighted by molar-refractivity contribution is -0.149. The van der Waals surface area contributed by atoms with Gasteiger partial charge in [-0.25, -0.2) is 8.42 Å². The molecule has 130 valence electrons. The molecular weight excluding hydrogens is 352 g/mol. The molecule has 2 aromatic rings. The summed E-state index contributed by atoms with van der Waals surface area (Å²) in [7, 11) is -3.63. The Hall–Kier alpha value is -1.71. The fraction of sp³-hybridized carbons (Fsp3) is 0.467. The van der Waals surface area contributed by atoms with E-state index in [-0.39, 0.29) is 16.7 Å². The van der Waals surface area contributed by atoms with Gasteiger partial charge in [-0.05, 0) is 25.8 Å². The van der Waals surface area contributed by atoms with Crippen LogP contribution in [0.25, 0.3) is 11.3 Å². The molecule has 0 saturated carbocycles. The molecule has 9 heteroatoms. The van der Waals surface area contributed by atoms with E-state index in [9.17, 15) is 13.2 Å². The molecule has 0 spiro atoms. The average Bonchev–Trinajstić information content (AvgIpc) is 3.26. The first-order valence-corrected chi connectivity index (χ1v) is 10.0. The standard InChI is InChI=1S/C15H18N2O5S2/c1-2-21-15(18)11-4-3-7-17(9-11)24(19,20)14-8-12(10-23-14)13-5-6-16-22-13/h5-6,8,10-11H,2-4,7,9H2,1H3. The van der Waals surface area contributed by atoms with Crippen molar-refractivity contribution in [3.63, 3.8) is 0 Å². The molecule has 1 unspecified atom stereocenters. The smallest absolute Gasteiger partial charge is 0.310 e. The number of ether oxygens (including phenoxy) is 1. The van der Waals surface area contributed by atoms with E-state index in [0.717, 1.165) is 11.3 Å². The molecule has 3 rings (SSSR count). The molecule has 0 radical (unpaired) electrons. The molecule has 1 aliphatic heterocycles. The van der Waals surface area contributed by atoms with Crippen molar-refractivity contribution in [1.82, 2.24) is 9.46 Å². The molecule has 0 aliphatic carbocycles. The Morgan fingerprint density at radius 3 is 3.08 bits per heavy atom. The monoisotopic (exact) mass is 370 g/mol. The molecule has 1 atom stereocenters. The number of carbonyl (C=O) groups excluding carboxylic acids is 1. The highest BCUT2D eigenvalue weighted by molar-refractivity contribution is 7.91. The van der Waals surface area contributed by atoms with Crippen LogP contribution in [0.5, 0.6) is 0 Å². The normalized spacial score (nSPS) is 19.3. The topological polar surface area (TPSA) is 89.7 Å². The third-order valence-corrected chi connectivity index (χ3v) is 7.18. The van der Waals surface area contributed by atoms with Crippen LogP contribution in [0.4, 0.5) is 0 Å². The van der Waals surface area contributed by atoms with Crippen molar-refractivity contribution in [2.24, 2.45) is 5.92 Å². The van der Waals surface area contributed by atoms with Crippen LogP contribution in [-0.2, 0) is 19.6 Å². The molecule has 7 nitrogen and oxygen atoms in total. The summed E-state index contributed by atoms with van der Waals surface area (Å²) in [6, 6.07) is 3.25. The molecule has 2 aromatic heterocycles. The lowest BCUT2D eigenvalue weighted by Crippen LogP contribution is -2.42. The zero-order valence-electron chi connectivity index (χ0n) is 13.2. The molecule has 24 heavy (non-hydrogen) atoms. The van der Waals surface area contributed by atoms with Crippen LogP contribution in [0.2, 0.25) is 0 Å². The van der Waals surface area contributed by atoms with Crippen molar-refractivity contribution >= 4 is 27.3 Å². The van der Waals surface area contributed by atoms with Gasteiger partial charge in [-0.1, -0.05) is 5.16 Å². The van der Waals surface area contributed by atoms with Crippen molar-refractivity contribution in [2.45, 2.75) is 24.0 Å². The number of aromatic nitrogens is 1. The average molecular weight is 370 g/mol. The molecule has 1 fully saturated rings. The quantitative estimate of drug-likeness (QED) is 0.751. The minimum absolute atomic E-state index is 0.163. The highest BCUT2D eigenvalue weighted by Gasteiger charge is 2.34. The van der Waals surface area contributed by atoms with Crippen molar-refractivity contribution in [1.29, 1.82) is 0 Å². The number of piperidine rings is 1. The van der Waals surface area contributed by atoms with E-state index in [2.05, 4.69) is 5.16 Å². The van der Waals surface area contributed by atoms with E-state index >= 15 is 0 Å². The summed E-state index contributed by atoms with van der Waals surface area (Å²) >= 11 is 1.13. The summed E-state index contributed by atoms with van der Waals surface area (Å²) in [6.07, 6.45) is 2.80. The number of rotatable bonds is 5. The summed E-state index contributed by atoms with van der Waals surface area (Å²) in [6.45, 7) is 2.62. The summed E-state index contributed by atoms with van der Waals surface area (Å²) in [5.41, 5.74) is 0.676. The Kier molecular flexibility index (Phi) is 5.02. The van der Waals surface area contributed by atoms with Gasteiger partial charge in [0.25, 0.3) is 10.0 Å². The summed E-state index contributed by atoms with van der Waals surface area (Å²) in [4.78, 5) is 11.9. The Morgan fingerprint density at radius 1 is 1.54 bits per heavy atom. The predicted molar refractivity (Wildman–Crippen MR) is 87.9 cm³/mol. The first-order valence-electron chi connectivity index (χ1n) is 7.68. The molecule has 1 saturated heterocycles. The first-order chi connectivity index (χ1) is 11.5. The molecule has 3 heterocycles. The van der Waals surface area contributed by atoms with Crippen molar-refractivity contribution in [2.75, 3.05) is 19.7 Å². The number of thiophene rings is 1. The Morgan fingerprint density at radius 2 is 2.38 bits per heavy atom. The Balaban J connectivity index is 1.79. The first kappa shape index (κ1) is 17.1. The van der Waals surface area contributed by atoms with E-state index in [4.69, 9.17) is 9.26 Å². The third kappa shape index (κ3) is 3.38. The fourth-order valence-electron chi connectivity index (χ4n) is 2.69. The lowest BCUT2D eigenvalue weighted by atomic mass is 10.0. The van der Waals surface area contributed by atoms with E-state index in [1.54, 1.807) is 24.4 Å². The zero-order valence-corrected chi connectivity index (χ0v) is 14.8. The second-order valence-corrected chi connectivity index (χ2v) is 8.56. The Bertz CT molecular complexity index is 798. The molecule has 0 bridgehead atoms. The fourth-order valence-corrected chi connectivity index (χ4v) is 5.53. The van der Waals surface area contributed by atoms with Crippen LogP contribution < -0.4 is 0 Å². The van der Waals surface area contributed by atoms with Gasteiger partial charge in [-0.3, -0.25) is 4.79 Å². The predicted octanol–water partition coefficient (Wildman–Crippen LogP) is 2.37. The van der Waals surface area contributed by atoms with Crippen LogP contribution in [0.1, 0.15) is 19.8 Å². The summed E-state index contributed by atoms with van der Waals surface area (Å²) < 4.78 is 37.3. The second kappa shape index (κ2) is 7.04. The SMILES string of the molecule is CCOC(=O)C1CCCN(S(=O)(=O)c2cc(-c3ccno3)cs2)C1. The van der Waals surface area contributed by atoms with Gasteiger partial charge in [0.15, 0.2) is 5.76 Å². The van der Waals surface area contributed by atoms with E-state index in [0.29, 0.717) is 37.3 Å². The van der Waals surface area contributed by atoms with E-state index < -0.39 is 15.9 Å². The molecule has 0 N–H and O–H groups in total. The minimum Gasteiger partial charge on any atom is -0.466 e. The van der Waals surface area contributed by atoms with E-state index in [1.165, 1.54) is 10.5 Å². The van der Waals surface area contributed by atoms with Gasteiger partial charge in [-0.15, -0.1) is 11.3 Å². The Labute approximate surface area is 144 Å². The summed E-state index contributed by atoms with van der Waals surface area (Å²) in [5, 5.41) is 5.35. The van der Waals surface area contributed by atoms with Gasteiger partial charge in [0.1, 0.15) is 4.21 Å². The minimum atomic E-state index is -3.63. The third-order valence-electron chi connectivity index (χ3n) is 3.90. The number of hydrogen-bond acceptors (Lipinski definition) is 7. The van der Waals surface area contributed by atoms with Crippen LogP contribution >= 0.6 is 11.3 Å². The molecular formula is C15H18N2O5S2. The highest BCUT2D eigenvalue weighted by Crippen LogP contribution is 2.32. The zero-order chi connectivity index (χ0) is 17.2. The maximum absolute atomic E-state index is 12.8. The largest absolute Gasteiger partial charge is 0.466 e. The van der Waals surface area contributed by atoms with Gasteiger partial charge in [-0.2, -0.15) is 4.31 Å². The van der Waals surface area contributed by atoms with Gasteiger partial charge in [0.05, 0.1) is 18.7 Å². The highest BCUT2D eigenvalue weighted by atomic mass is 32.2. The molecule has 0 amide bonds. The van der Waals surface area contributed by atoms with Crippen LogP contribution in [-0.4, -0.2) is 43.5 Å². The van der Waals surface area contributed by atoms with Gasteiger partial charge in [0, 0.05) is 30.1 Å². The maximum atomic E-state index is 12.8. The van der Waals surface area contributed by atoms with Crippen LogP contribution in [0.3, 0.4) is 0 Å². The number of hydrogen-bond donors (Lipinski definition) is 0. The number of sulfonamides is 1. The lowest BCUT2D eigenvalue weighted by Gasteiger charge is -2.30. The van der Waals surface area contributed by atoms with Crippen LogP contribution in [0, 0.1) is 5.92 Å². The van der Waals surface area contributed by atoms with Crippen molar-refractivity contribution in [3.05, 3.63) is 23.7 Å². The van der Waals surface area contributed by atoms with Crippen molar-refractivity contribution in [3.8, 4) is 11.3 Å². The number of nitrogens with zero attached hydrogens (tertiary/aromatic N) is 2. The van der Waals surface area contributed by atoms with Gasteiger partial charge in [0.2, 0.25) is 0 Å². The van der Waals surface area contributed by atoms with Gasteiger partial charge >= 0.3 is 5.97 Å².